The van der Waals surface area contributed by atoms with Gasteiger partial charge in [-0.3, -0.25) is 0 Å². The van der Waals surface area contributed by atoms with Crippen LogP contribution in [0, 0.1) is 0 Å². The van der Waals surface area contributed by atoms with Gasteiger partial charge in [0.1, 0.15) is 0 Å². The molecule has 1 atom stereocenters. The number of aliphatic hydroxyl groups is 2. The van der Waals surface area contributed by atoms with Crippen molar-refractivity contribution < 1.29 is 10.2 Å². The van der Waals surface area contributed by atoms with E-state index < -0.39 is 6.10 Å². The van der Waals surface area contributed by atoms with Gasteiger partial charge in [-0.1, -0.05) is 48.5 Å². The molecule has 0 aliphatic heterocycles. The third-order valence-corrected chi connectivity index (χ3v) is 3.44. The van der Waals surface area contributed by atoms with Gasteiger partial charge in [0.15, 0.2) is 0 Å². The third-order valence-electron chi connectivity index (χ3n) is 3.44. The third kappa shape index (κ3) is 3.35. The fourth-order valence-electron chi connectivity index (χ4n) is 2.16. The molecular formula is C18H20O2. The molecule has 2 aromatic carbocycles. The maximum absolute atomic E-state index is 9.64. The predicted molar refractivity (Wildman–Crippen MR) is 83.2 cm³/mol. The normalized spacial score (nSPS) is 13.3. The minimum absolute atomic E-state index is 0.0595. The molecule has 0 bridgehead atoms. The Kier molecular flexibility index (Phi) is 4.72. The van der Waals surface area contributed by atoms with Crippen LogP contribution in [0.3, 0.4) is 0 Å². The van der Waals surface area contributed by atoms with Gasteiger partial charge in [0.2, 0.25) is 0 Å². The van der Waals surface area contributed by atoms with Crippen LogP contribution in [0.2, 0.25) is 0 Å². The Bertz CT molecular complexity index is 595. The van der Waals surface area contributed by atoms with E-state index in [9.17, 15) is 5.11 Å². The molecule has 2 N–H and O–H groups in total. The summed E-state index contributed by atoms with van der Waals surface area (Å²) in [4.78, 5) is 0. The monoisotopic (exact) mass is 268 g/mol. The van der Waals surface area contributed by atoms with Gasteiger partial charge < -0.3 is 10.2 Å². The van der Waals surface area contributed by atoms with Crippen LogP contribution in [-0.2, 0) is 0 Å². The van der Waals surface area contributed by atoms with Crippen LogP contribution in [0.25, 0.3) is 16.7 Å². The van der Waals surface area contributed by atoms with E-state index in [-0.39, 0.29) is 6.61 Å². The summed E-state index contributed by atoms with van der Waals surface area (Å²) in [5.41, 5.74) is 5.31. The summed E-state index contributed by atoms with van der Waals surface area (Å²) < 4.78 is 0. The molecule has 2 rings (SSSR count). The molecule has 0 aromatic heterocycles. The molecule has 0 radical (unpaired) electrons. The first-order valence-corrected chi connectivity index (χ1v) is 6.78. The largest absolute Gasteiger partial charge is 0.392 e. The molecule has 0 spiro atoms. The Morgan fingerprint density at radius 1 is 1.10 bits per heavy atom. The Labute approximate surface area is 120 Å². The number of rotatable bonds is 4. The molecule has 0 amide bonds. The highest BCUT2D eigenvalue weighted by atomic mass is 16.3. The van der Waals surface area contributed by atoms with Crippen molar-refractivity contribution in [2.24, 2.45) is 0 Å². The van der Waals surface area contributed by atoms with Gasteiger partial charge >= 0.3 is 0 Å². The van der Waals surface area contributed by atoms with Crippen LogP contribution < -0.4 is 0 Å². The second kappa shape index (κ2) is 6.51. The molecule has 0 fully saturated rings. The van der Waals surface area contributed by atoms with Crippen molar-refractivity contribution >= 4 is 5.57 Å². The topological polar surface area (TPSA) is 40.5 Å². The second-order valence-corrected chi connectivity index (χ2v) is 4.95. The summed E-state index contributed by atoms with van der Waals surface area (Å²) in [5.74, 6) is 0. The van der Waals surface area contributed by atoms with E-state index in [0.717, 1.165) is 27.8 Å². The molecule has 2 aromatic rings. The number of allylic oxidation sites excluding steroid dienone is 1. The number of aliphatic hydroxyl groups excluding tert-OH is 2. The van der Waals surface area contributed by atoms with E-state index in [1.165, 1.54) is 0 Å². The maximum Gasteiger partial charge on any atom is 0.0762 e. The van der Waals surface area contributed by atoms with Crippen molar-refractivity contribution in [3.63, 3.8) is 0 Å². The number of benzene rings is 2. The summed E-state index contributed by atoms with van der Waals surface area (Å²) in [5, 5.41) is 18.6. The fraction of sp³-hybridized carbons (Fsp3) is 0.222. The first kappa shape index (κ1) is 14.5. The van der Waals surface area contributed by atoms with Gasteiger partial charge in [-0.15, -0.1) is 0 Å². The average Bonchev–Trinajstić information content (AvgIpc) is 2.48. The molecule has 2 nitrogen and oxygen atoms in total. The van der Waals surface area contributed by atoms with Crippen molar-refractivity contribution in [2.75, 3.05) is 6.61 Å². The highest BCUT2D eigenvalue weighted by molar-refractivity contribution is 5.70. The Balaban J connectivity index is 2.30. The van der Waals surface area contributed by atoms with E-state index in [2.05, 4.69) is 12.1 Å². The van der Waals surface area contributed by atoms with Gasteiger partial charge in [-0.2, -0.15) is 0 Å². The Morgan fingerprint density at radius 2 is 1.80 bits per heavy atom. The molecular weight excluding hydrogens is 248 g/mol. The Morgan fingerprint density at radius 3 is 2.40 bits per heavy atom. The van der Waals surface area contributed by atoms with Crippen LogP contribution in [0.4, 0.5) is 0 Å². The summed E-state index contributed by atoms with van der Waals surface area (Å²) in [7, 11) is 0. The van der Waals surface area contributed by atoms with Crippen LogP contribution in [0.5, 0.6) is 0 Å². The minimum atomic E-state index is -0.455. The average molecular weight is 268 g/mol. The van der Waals surface area contributed by atoms with Crippen molar-refractivity contribution in [3.05, 3.63) is 65.7 Å². The van der Waals surface area contributed by atoms with E-state index in [0.29, 0.717) is 0 Å². The van der Waals surface area contributed by atoms with Crippen molar-refractivity contribution in [2.45, 2.75) is 20.0 Å². The zero-order valence-electron chi connectivity index (χ0n) is 11.9. The molecule has 0 aliphatic carbocycles. The zero-order valence-corrected chi connectivity index (χ0v) is 11.9. The van der Waals surface area contributed by atoms with Gasteiger partial charge in [0.05, 0.1) is 12.7 Å². The van der Waals surface area contributed by atoms with Crippen LogP contribution in [0.1, 0.15) is 31.1 Å². The molecule has 1 unspecified atom stereocenters. The Hall–Kier alpha value is -1.90. The maximum atomic E-state index is 9.64. The van der Waals surface area contributed by atoms with Crippen molar-refractivity contribution in [1.29, 1.82) is 0 Å². The number of hydrogen-bond acceptors (Lipinski definition) is 2. The van der Waals surface area contributed by atoms with Gasteiger partial charge in [-0.05, 0) is 47.7 Å². The second-order valence-electron chi connectivity index (χ2n) is 4.95. The fourth-order valence-corrected chi connectivity index (χ4v) is 2.16. The first-order valence-electron chi connectivity index (χ1n) is 6.78. The van der Waals surface area contributed by atoms with Crippen molar-refractivity contribution in [1.82, 2.24) is 0 Å². The quantitative estimate of drug-likeness (QED) is 0.885. The standard InChI is InChI=1S/C18H20O2/c1-13(10-11-19)15-6-8-16(9-7-15)18-5-3-4-17(12-18)14(2)20/h3-10,12,14,19-20H,11H2,1-2H3. The summed E-state index contributed by atoms with van der Waals surface area (Å²) in [6.45, 7) is 3.81. The molecule has 20 heavy (non-hydrogen) atoms. The lowest BCUT2D eigenvalue weighted by atomic mass is 9.98. The van der Waals surface area contributed by atoms with E-state index in [4.69, 9.17) is 5.11 Å². The SMILES string of the molecule is CC(=CCO)c1ccc(-c2cccc(C(C)O)c2)cc1. The minimum Gasteiger partial charge on any atom is -0.392 e. The highest BCUT2D eigenvalue weighted by Crippen LogP contribution is 2.25. The number of hydrogen-bond donors (Lipinski definition) is 2. The van der Waals surface area contributed by atoms with Gasteiger partial charge in [0, 0.05) is 0 Å². The first-order chi connectivity index (χ1) is 9.61. The van der Waals surface area contributed by atoms with Crippen LogP contribution in [-0.4, -0.2) is 16.8 Å². The summed E-state index contributed by atoms with van der Waals surface area (Å²) >= 11 is 0. The zero-order chi connectivity index (χ0) is 14.5. The molecule has 0 saturated carbocycles. The smallest absolute Gasteiger partial charge is 0.0762 e. The predicted octanol–water partition coefficient (Wildman–Crippen LogP) is 3.80. The van der Waals surface area contributed by atoms with E-state index in [1.54, 1.807) is 13.0 Å². The van der Waals surface area contributed by atoms with Crippen LogP contribution >= 0.6 is 0 Å². The highest BCUT2D eigenvalue weighted by Gasteiger charge is 2.04. The van der Waals surface area contributed by atoms with Crippen LogP contribution in [0.15, 0.2) is 54.6 Å². The summed E-state index contributed by atoms with van der Waals surface area (Å²) in [6.07, 6.45) is 1.34. The molecule has 0 saturated heterocycles. The van der Waals surface area contributed by atoms with E-state index in [1.807, 2.05) is 43.3 Å². The molecule has 2 heteroatoms. The summed E-state index contributed by atoms with van der Waals surface area (Å²) in [6, 6.07) is 16.2. The van der Waals surface area contributed by atoms with Gasteiger partial charge in [0.25, 0.3) is 0 Å². The molecule has 0 aliphatic rings. The molecule has 0 heterocycles. The lowest BCUT2D eigenvalue weighted by molar-refractivity contribution is 0.199. The molecule has 104 valence electrons. The van der Waals surface area contributed by atoms with Gasteiger partial charge in [-0.25, -0.2) is 0 Å². The lowest BCUT2D eigenvalue weighted by Crippen LogP contribution is -1.91. The van der Waals surface area contributed by atoms with Crippen molar-refractivity contribution in [3.8, 4) is 11.1 Å². The lowest BCUT2D eigenvalue weighted by Gasteiger charge is -2.09. The van der Waals surface area contributed by atoms with E-state index >= 15 is 0 Å².